The lowest BCUT2D eigenvalue weighted by molar-refractivity contribution is 0.0396. The Morgan fingerprint density at radius 2 is 1.86 bits per heavy atom. The number of hydrogen-bond donors (Lipinski definition) is 2. The molecule has 4 heterocycles. The van der Waals surface area contributed by atoms with Gasteiger partial charge in [0.05, 0.1) is 0 Å². The Bertz CT molecular complexity index is 1410. The molecule has 0 saturated carbocycles. The normalized spacial score (nSPS) is 19.4. The van der Waals surface area contributed by atoms with E-state index >= 15 is 0 Å². The molecule has 188 valence electrons. The number of carbonyl (C=O) groups is 1. The van der Waals surface area contributed by atoms with Gasteiger partial charge in [-0.1, -0.05) is 38.1 Å². The molecule has 6 rings (SSSR count). The Labute approximate surface area is 211 Å². The van der Waals surface area contributed by atoms with Crippen LogP contribution in [0.4, 0.5) is 8.78 Å². The van der Waals surface area contributed by atoms with Crippen LogP contribution in [-0.4, -0.2) is 33.3 Å². The van der Waals surface area contributed by atoms with E-state index in [1.807, 2.05) is 24.3 Å². The van der Waals surface area contributed by atoms with Crippen LogP contribution in [0, 0.1) is 17.0 Å². The third kappa shape index (κ3) is 4.48. The average Bonchev–Trinajstić information content (AvgIpc) is 3.03. The number of aromatic hydroxyl groups is 1. The summed E-state index contributed by atoms with van der Waals surface area (Å²) in [6.45, 7) is 4.98. The highest BCUT2D eigenvalue weighted by molar-refractivity contribution is 7.98. The average molecular weight is 512 g/mol. The largest absolute Gasteiger partial charge is 0.502 e. The van der Waals surface area contributed by atoms with Gasteiger partial charge in [0, 0.05) is 35.0 Å². The molecule has 0 bridgehead atoms. The molecule has 3 aromatic rings. The summed E-state index contributed by atoms with van der Waals surface area (Å²) >= 11 is 1.57. The summed E-state index contributed by atoms with van der Waals surface area (Å²) in [5, 5.41) is 9.79. The molecule has 36 heavy (non-hydrogen) atoms. The number of pyridine rings is 1. The zero-order valence-electron chi connectivity index (χ0n) is 20.1. The topological polar surface area (TPSA) is 74.6 Å². The molecule has 0 spiro atoms. The summed E-state index contributed by atoms with van der Waals surface area (Å²) in [6, 6.07) is 12.2. The van der Waals surface area contributed by atoms with Gasteiger partial charge in [0.25, 0.3) is 5.91 Å². The van der Waals surface area contributed by atoms with Crippen LogP contribution in [0.25, 0.3) is 0 Å². The molecule has 2 aromatic carbocycles. The maximum Gasteiger partial charge on any atom is 0.278 e. The summed E-state index contributed by atoms with van der Waals surface area (Å²) in [4.78, 5) is 26.7. The van der Waals surface area contributed by atoms with E-state index in [1.54, 1.807) is 22.7 Å². The first-order chi connectivity index (χ1) is 17.1. The molecule has 1 aromatic heterocycles. The van der Waals surface area contributed by atoms with Crippen LogP contribution in [-0.2, 0) is 12.2 Å². The second kappa shape index (κ2) is 9.28. The molecular formula is C27H27F2N3O3S. The molecule has 6 nitrogen and oxygen atoms in total. The van der Waals surface area contributed by atoms with Crippen molar-refractivity contribution in [2.24, 2.45) is 5.41 Å². The van der Waals surface area contributed by atoms with Crippen molar-refractivity contribution >= 4 is 17.7 Å². The zero-order valence-corrected chi connectivity index (χ0v) is 20.9. The minimum Gasteiger partial charge on any atom is -0.502 e. The fourth-order valence-corrected chi connectivity index (χ4v) is 6.02. The third-order valence-corrected chi connectivity index (χ3v) is 8.14. The zero-order chi connectivity index (χ0) is 25.6. The predicted molar refractivity (Wildman–Crippen MR) is 135 cm³/mol. The summed E-state index contributed by atoms with van der Waals surface area (Å²) in [6.07, 6.45) is 3.83. The minimum absolute atomic E-state index is 0.0310. The van der Waals surface area contributed by atoms with Crippen LogP contribution in [0.1, 0.15) is 53.9 Å². The van der Waals surface area contributed by atoms with Crippen molar-refractivity contribution in [3.05, 3.63) is 92.9 Å². The highest BCUT2D eigenvalue weighted by atomic mass is 32.2. The molecule has 0 aliphatic carbocycles. The van der Waals surface area contributed by atoms with Gasteiger partial charge in [-0.25, -0.2) is 8.78 Å². The van der Waals surface area contributed by atoms with Gasteiger partial charge in [0.2, 0.25) is 5.43 Å². The first kappa shape index (κ1) is 24.4. The van der Waals surface area contributed by atoms with Crippen molar-refractivity contribution in [1.29, 1.82) is 0 Å². The molecule has 0 radical (unpaired) electrons. The van der Waals surface area contributed by atoms with E-state index in [2.05, 4.69) is 19.3 Å². The molecule has 3 aliphatic heterocycles. The van der Waals surface area contributed by atoms with E-state index in [-0.39, 0.29) is 23.2 Å². The molecule has 1 saturated heterocycles. The molecule has 9 heteroatoms. The van der Waals surface area contributed by atoms with Crippen molar-refractivity contribution in [2.75, 3.05) is 12.0 Å². The fraction of sp³-hybridized carbons (Fsp3) is 0.333. The van der Waals surface area contributed by atoms with E-state index < -0.39 is 22.8 Å². The van der Waals surface area contributed by atoms with Gasteiger partial charge < -0.3 is 15.4 Å². The number of rotatable bonds is 0. The van der Waals surface area contributed by atoms with E-state index in [4.69, 9.17) is 0 Å². The number of hydrogen-bond acceptors (Lipinski definition) is 5. The van der Waals surface area contributed by atoms with Gasteiger partial charge in [-0.15, -0.1) is 11.8 Å². The monoisotopic (exact) mass is 511 g/mol. The van der Waals surface area contributed by atoms with Gasteiger partial charge in [-0.3, -0.25) is 14.3 Å². The van der Waals surface area contributed by atoms with Crippen molar-refractivity contribution in [3.8, 4) is 5.75 Å². The molecule has 1 amide bonds. The Hall–Kier alpha value is -3.33. The molecular weight excluding hydrogens is 484 g/mol. The van der Waals surface area contributed by atoms with Gasteiger partial charge in [0.1, 0.15) is 6.17 Å². The second-order valence-corrected chi connectivity index (χ2v) is 11.1. The summed E-state index contributed by atoms with van der Waals surface area (Å²) in [7, 11) is 0. The number of thioether (sulfide) groups is 1. The lowest BCUT2D eigenvalue weighted by atomic mass is 9.80. The van der Waals surface area contributed by atoms with Gasteiger partial charge in [-0.05, 0) is 47.9 Å². The SMILES string of the molecule is CC1(C)CCN2C(=O)c3c(O)c(=O)ccn3NC2C1.Fc1ccc2c(c1F)CSc1ccccc1C2. The summed E-state index contributed by atoms with van der Waals surface area (Å²) in [5.74, 6) is -1.72. The third-order valence-electron chi connectivity index (χ3n) is 7.00. The lowest BCUT2D eigenvalue weighted by Crippen LogP contribution is -2.58. The van der Waals surface area contributed by atoms with E-state index in [1.165, 1.54) is 28.6 Å². The number of amides is 1. The van der Waals surface area contributed by atoms with Crippen LogP contribution < -0.4 is 10.9 Å². The van der Waals surface area contributed by atoms with Crippen molar-refractivity contribution in [3.63, 3.8) is 0 Å². The van der Waals surface area contributed by atoms with Crippen molar-refractivity contribution in [2.45, 2.75) is 49.9 Å². The van der Waals surface area contributed by atoms with Crippen LogP contribution in [0.5, 0.6) is 5.75 Å². The summed E-state index contributed by atoms with van der Waals surface area (Å²) in [5.41, 5.74) is 5.43. The number of nitrogens with one attached hydrogen (secondary N) is 1. The first-order valence-electron chi connectivity index (χ1n) is 11.8. The van der Waals surface area contributed by atoms with Crippen LogP contribution in [0.15, 0.2) is 58.4 Å². The van der Waals surface area contributed by atoms with Gasteiger partial charge in [-0.2, -0.15) is 0 Å². The van der Waals surface area contributed by atoms with E-state index in [9.17, 15) is 23.5 Å². The Kier molecular flexibility index (Phi) is 6.28. The number of fused-ring (bicyclic) bond motifs is 4. The molecule has 1 unspecified atom stereocenters. The number of benzene rings is 2. The van der Waals surface area contributed by atoms with Gasteiger partial charge in [0.15, 0.2) is 23.1 Å². The number of piperidine rings is 1. The highest BCUT2D eigenvalue weighted by Gasteiger charge is 2.41. The first-order valence-corrected chi connectivity index (χ1v) is 12.8. The fourth-order valence-electron chi connectivity index (χ4n) is 4.91. The Morgan fingerprint density at radius 1 is 1.08 bits per heavy atom. The van der Waals surface area contributed by atoms with Gasteiger partial charge >= 0.3 is 0 Å². The number of nitrogens with zero attached hydrogens (tertiary/aromatic N) is 2. The molecule has 3 aliphatic rings. The van der Waals surface area contributed by atoms with Crippen LogP contribution >= 0.6 is 11.8 Å². The van der Waals surface area contributed by atoms with Crippen LogP contribution in [0.3, 0.4) is 0 Å². The Morgan fingerprint density at radius 3 is 2.67 bits per heavy atom. The Balaban J connectivity index is 0.000000149. The van der Waals surface area contributed by atoms with Crippen molar-refractivity contribution in [1.82, 2.24) is 9.58 Å². The van der Waals surface area contributed by atoms with Crippen molar-refractivity contribution < 1.29 is 18.7 Å². The number of halogens is 2. The minimum atomic E-state index is -0.754. The smallest absolute Gasteiger partial charge is 0.278 e. The van der Waals surface area contributed by atoms with E-state index in [0.717, 1.165) is 23.3 Å². The predicted octanol–water partition coefficient (Wildman–Crippen LogP) is 4.86. The lowest BCUT2D eigenvalue weighted by Gasteiger charge is -2.46. The molecule has 1 atom stereocenters. The maximum absolute atomic E-state index is 13.7. The van der Waals surface area contributed by atoms with E-state index in [0.29, 0.717) is 24.3 Å². The van der Waals surface area contributed by atoms with Crippen LogP contribution in [0.2, 0.25) is 0 Å². The second-order valence-electron chi connectivity index (χ2n) is 10.1. The highest BCUT2D eigenvalue weighted by Crippen LogP contribution is 2.36. The quantitative estimate of drug-likeness (QED) is 0.451. The molecule has 1 fully saturated rings. The maximum atomic E-state index is 13.7. The number of aromatic nitrogens is 1. The molecule has 2 N–H and O–H groups in total. The summed E-state index contributed by atoms with van der Waals surface area (Å²) < 4.78 is 28.3. The number of carbonyl (C=O) groups excluding carboxylic acids is 1. The standard InChI is InChI=1S/C14H10F2S.C13H17N3O3/c15-12-6-5-9-7-10-3-1-2-4-13(10)17-8-11(9)14(12)16;1-13(2)4-6-15-9(7-13)14-16-5-3-8(17)11(18)10(16)12(15)19/h1-6H,7-8H2;3,5,9,14,18H,4,6-7H2,1-2H3.